The van der Waals surface area contributed by atoms with Crippen LogP contribution in [-0.4, -0.2) is 40.5 Å². The number of imidazole rings is 1. The second-order valence-electron chi connectivity index (χ2n) is 6.87. The average molecular weight is 447 g/mol. The van der Waals surface area contributed by atoms with Gasteiger partial charge in [0.2, 0.25) is 0 Å². The minimum atomic E-state index is -1.04. The Labute approximate surface area is 181 Å². The molecule has 1 aliphatic heterocycles. The number of aromatic amines is 1. The van der Waals surface area contributed by atoms with E-state index in [-0.39, 0.29) is 22.7 Å². The zero-order chi connectivity index (χ0) is 22.1. The van der Waals surface area contributed by atoms with E-state index in [0.29, 0.717) is 17.8 Å². The molecule has 31 heavy (non-hydrogen) atoms. The number of anilines is 1. The Morgan fingerprint density at radius 2 is 2.10 bits per heavy atom. The van der Waals surface area contributed by atoms with Crippen molar-refractivity contribution in [2.45, 2.75) is 12.5 Å². The van der Waals surface area contributed by atoms with Crippen molar-refractivity contribution in [3.8, 4) is 0 Å². The fraction of sp³-hybridized carbons (Fsp3) is 0.190. The second kappa shape index (κ2) is 8.35. The zero-order valence-corrected chi connectivity index (χ0v) is 17.0. The number of carbonyl (C=O) groups is 2. The Morgan fingerprint density at radius 3 is 2.87 bits per heavy atom. The van der Waals surface area contributed by atoms with Crippen molar-refractivity contribution in [1.29, 1.82) is 0 Å². The van der Waals surface area contributed by atoms with Crippen molar-refractivity contribution in [3.63, 3.8) is 0 Å². The maximum absolute atomic E-state index is 14.6. The molecule has 1 atom stereocenters. The molecule has 2 N–H and O–H groups in total. The molecule has 0 unspecified atom stereocenters. The van der Waals surface area contributed by atoms with E-state index >= 15 is 0 Å². The van der Waals surface area contributed by atoms with Gasteiger partial charge in [-0.2, -0.15) is 0 Å². The highest BCUT2D eigenvalue weighted by Gasteiger charge is 2.36. The molecule has 10 heteroatoms. The van der Waals surface area contributed by atoms with Crippen LogP contribution in [0.25, 0.3) is 0 Å². The fourth-order valence-corrected chi connectivity index (χ4v) is 3.80. The molecule has 2 aromatic carbocycles. The first-order chi connectivity index (χ1) is 14.9. The van der Waals surface area contributed by atoms with Crippen LogP contribution in [0.1, 0.15) is 33.4 Å². The summed E-state index contributed by atoms with van der Waals surface area (Å²) >= 11 is 6.02. The first-order valence-electron chi connectivity index (χ1n) is 9.32. The standard InChI is InChI=1S/C21H17ClF2N4O3/c1-31-20(29)13-9-11(5-6-14(13)22)27-21(30)28-8-7-16-18(26-10-25-16)19(28)12-3-2-4-15(23)17(12)24/h2-6,9-10,19H,7-8H2,1H3,(H,25,26)(H,27,30)/t19-/m1/s1. The number of halogens is 3. The third kappa shape index (κ3) is 3.84. The lowest BCUT2D eigenvalue weighted by Crippen LogP contribution is -2.43. The summed E-state index contributed by atoms with van der Waals surface area (Å²) in [6, 6.07) is 6.67. The third-order valence-corrected chi connectivity index (χ3v) is 5.41. The van der Waals surface area contributed by atoms with Crippen molar-refractivity contribution >= 4 is 29.3 Å². The van der Waals surface area contributed by atoms with Crippen molar-refractivity contribution in [1.82, 2.24) is 14.9 Å². The molecule has 7 nitrogen and oxygen atoms in total. The number of nitrogens with one attached hydrogen (secondary N) is 2. The van der Waals surface area contributed by atoms with Gasteiger partial charge in [-0.15, -0.1) is 0 Å². The van der Waals surface area contributed by atoms with Crippen molar-refractivity contribution in [3.05, 3.63) is 81.9 Å². The van der Waals surface area contributed by atoms with Gasteiger partial charge in [-0.3, -0.25) is 0 Å². The predicted octanol–water partition coefficient (Wildman–Crippen LogP) is 4.31. The Kier molecular flexibility index (Phi) is 5.60. The first kappa shape index (κ1) is 20.8. The van der Waals surface area contributed by atoms with Crippen LogP contribution >= 0.6 is 11.6 Å². The van der Waals surface area contributed by atoms with E-state index < -0.39 is 29.7 Å². The molecule has 3 aromatic rings. The fourth-order valence-electron chi connectivity index (χ4n) is 3.61. The van der Waals surface area contributed by atoms with Gasteiger partial charge in [-0.1, -0.05) is 23.7 Å². The van der Waals surface area contributed by atoms with E-state index in [4.69, 9.17) is 11.6 Å². The molecular weight excluding hydrogens is 430 g/mol. The summed E-state index contributed by atoms with van der Waals surface area (Å²) in [6.45, 7) is 0.235. The van der Waals surface area contributed by atoms with E-state index in [2.05, 4.69) is 20.0 Å². The molecule has 4 rings (SSSR count). The number of benzene rings is 2. The van der Waals surface area contributed by atoms with Gasteiger partial charge >= 0.3 is 12.0 Å². The van der Waals surface area contributed by atoms with Gasteiger partial charge < -0.3 is 19.9 Å². The minimum absolute atomic E-state index is 0.00504. The summed E-state index contributed by atoms with van der Waals surface area (Å²) in [5.41, 5.74) is 1.56. The summed E-state index contributed by atoms with van der Waals surface area (Å²) < 4.78 is 33.2. The largest absolute Gasteiger partial charge is 0.465 e. The quantitative estimate of drug-likeness (QED) is 0.587. The van der Waals surface area contributed by atoms with Gasteiger partial charge in [-0.25, -0.2) is 23.4 Å². The zero-order valence-electron chi connectivity index (χ0n) is 16.3. The molecule has 2 heterocycles. The number of fused-ring (bicyclic) bond motifs is 1. The van der Waals surface area contributed by atoms with Crippen LogP contribution in [-0.2, 0) is 11.2 Å². The van der Waals surface area contributed by atoms with Gasteiger partial charge in [0.1, 0.15) is 6.04 Å². The lowest BCUT2D eigenvalue weighted by atomic mass is 9.95. The topological polar surface area (TPSA) is 87.3 Å². The Balaban J connectivity index is 1.69. The number of methoxy groups -OCH3 is 1. The number of rotatable bonds is 3. The van der Waals surface area contributed by atoms with Crippen molar-refractivity contribution < 1.29 is 23.1 Å². The summed E-state index contributed by atoms with van der Waals surface area (Å²) in [6.07, 6.45) is 1.92. The highest BCUT2D eigenvalue weighted by molar-refractivity contribution is 6.33. The van der Waals surface area contributed by atoms with Crippen molar-refractivity contribution in [2.24, 2.45) is 0 Å². The SMILES string of the molecule is COC(=O)c1cc(NC(=O)N2CCc3[nH]cnc3[C@H]2c2cccc(F)c2F)ccc1Cl. The van der Waals surface area contributed by atoms with Crippen LogP contribution < -0.4 is 5.32 Å². The Bertz CT molecular complexity index is 1170. The molecule has 0 saturated heterocycles. The van der Waals surface area contributed by atoms with Crippen LogP contribution in [0, 0.1) is 11.6 Å². The number of nitrogens with zero attached hydrogens (tertiary/aromatic N) is 2. The molecule has 160 valence electrons. The number of hydrogen-bond acceptors (Lipinski definition) is 4. The lowest BCUT2D eigenvalue weighted by Gasteiger charge is -2.35. The van der Waals surface area contributed by atoms with Gasteiger partial charge in [0.25, 0.3) is 0 Å². The molecule has 0 bridgehead atoms. The van der Waals surface area contributed by atoms with Gasteiger partial charge in [0.05, 0.1) is 29.7 Å². The van der Waals surface area contributed by atoms with Crippen molar-refractivity contribution in [2.75, 3.05) is 19.0 Å². The van der Waals surface area contributed by atoms with Crippen LogP contribution in [0.3, 0.4) is 0 Å². The van der Waals surface area contributed by atoms with Gasteiger partial charge in [0, 0.05) is 29.9 Å². The monoisotopic (exact) mass is 446 g/mol. The molecule has 2 amide bonds. The smallest absolute Gasteiger partial charge is 0.339 e. The van der Waals surface area contributed by atoms with Crippen LogP contribution in [0.5, 0.6) is 0 Å². The molecule has 0 fully saturated rings. The molecule has 0 aliphatic carbocycles. The predicted molar refractivity (Wildman–Crippen MR) is 109 cm³/mol. The highest BCUT2D eigenvalue weighted by atomic mass is 35.5. The lowest BCUT2D eigenvalue weighted by molar-refractivity contribution is 0.0601. The maximum Gasteiger partial charge on any atom is 0.339 e. The summed E-state index contributed by atoms with van der Waals surface area (Å²) in [4.78, 5) is 33.6. The van der Waals surface area contributed by atoms with E-state index in [1.165, 1.54) is 48.7 Å². The number of H-pyrrole nitrogens is 1. The number of aromatic nitrogens is 2. The van der Waals surface area contributed by atoms with Crippen LogP contribution in [0.15, 0.2) is 42.7 Å². The van der Waals surface area contributed by atoms with Crippen LogP contribution in [0.2, 0.25) is 5.02 Å². The van der Waals surface area contributed by atoms with E-state index in [9.17, 15) is 18.4 Å². The molecule has 0 saturated carbocycles. The number of hydrogen-bond donors (Lipinski definition) is 2. The normalized spacial score (nSPS) is 15.4. The summed E-state index contributed by atoms with van der Waals surface area (Å²) in [5, 5.41) is 2.85. The molecule has 1 aromatic heterocycles. The van der Waals surface area contributed by atoms with E-state index in [1.807, 2.05) is 0 Å². The minimum Gasteiger partial charge on any atom is -0.465 e. The van der Waals surface area contributed by atoms with E-state index in [1.54, 1.807) is 0 Å². The first-order valence-corrected chi connectivity index (χ1v) is 9.70. The Morgan fingerprint density at radius 1 is 1.29 bits per heavy atom. The Hall–Kier alpha value is -3.46. The summed E-state index contributed by atoms with van der Waals surface area (Å²) in [5.74, 6) is -2.71. The number of esters is 1. The second-order valence-corrected chi connectivity index (χ2v) is 7.28. The molecule has 0 spiro atoms. The van der Waals surface area contributed by atoms with Crippen LogP contribution in [0.4, 0.5) is 19.3 Å². The van der Waals surface area contributed by atoms with Gasteiger partial charge in [0.15, 0.2) is 11.6 Å². The number of urea groups is 1. The highest BCUT2D eigenvalue weighted by Crippen LogP contribution is 2.35. The molecule has 0 radical (unpaired) electrons. The number of amides is 2. The average Bonchev–Trinajstić information content (AvgIpc) is 3.25. The summed E-state index contributed by atoms with van der Waals surface area (Å²) in [7, 11) is 1.22. The number of ether oxygens (including phenoxy) is 1. The number of carbonyl (C=O) groups excluding carboxylic acids is 2. The molecular formula is C21H17ClF2N4O3. The maximum atomic E-state index is 14.6. The van der Waals surface area contributed by atoms with E-state index in [0.717, 1.165) is 11.8 Å². The van der Waals surface area contributed by atoms with Gasteiger partial charge in [-0.05, 0) is 24.3 Å². The molecule has 1 aliphatic rings. The third-order valence-electron chi connectivity index (χ3n) is 5.08.